The second-order valence-electron chi connectivity index (χ2n) is 8.90. The van der Waals surface area contributed by atoms with Crippen molar-refractivity contribution in [3.63, 3.8) is 0 Å². The summed E-state index contributed by atoms with van der Waals surface area (Å²) in [5, 5.41) is 3.26. The smallest absolute Gasteiger partial charge is 0.226 e. The Hall–Kier alpha value is -2.17. The molecule has 0 aliphatic carbocycles. The largest absolute Gasteiger partial charge is 0.373 e. The SMILES string of the molecule is Cc1ccc(CN2CCC(CNC(=O)C3CCCOC3c3ccccc3)CC2)cc1. The first-order chi connectivity index (χ1) is 14.7. The lowest BCUT2D eigenvalue weighted by atomic mass is 9.88. The van der Waals surface area contributed by atoms with E-state index in [1.807, 2.05) is 18.2 Å². The quantitative estimate of drug-likeness (QED) is 0.768. The van der Waals surface area contributed by atoms with Crippen LogP contribution in [0.5, 0.6) is 0 Å². The van der Waals surface area contributed by atoms with Gasteiger partial charge in [-0.1, -0.05) is 60.2 Å². The fraction of sp³-hybridized carbons (Fsp3) is 0.500. The Kier molecular flexibility index (Phi) is 7.19. The summed E-state index contributed by atoms with van der Waals surface area (Å²) in [6.07, 6.45) is 4.04. The van der Waals surface area contributed by atoms with Crippen molar-refractivity contribution < 1.29 is 9.53 Å². The van der Waals surface area contributed by atoms with E-state index in [1.165, 1.54) is 11.1 Å². The van der Waals surface area contributed by atoms with Crippen molar-refractivity contribution in [2.45, 2.75) is 45.3 Å². The van der Waals surface area contributed by atoms with E-state index >= 15 is 0 Å². The zero-order chi connectivity index (χ0) is 20.8. The molecule has 2 heterocycles. The van der Waals surface area contributed by atoms with Gasteiger partial charge < -0.3 is 10.1 Å². The van der Waals surface area contributed by atoms with Crippen LogP contribution in [0.1, 0.15) is 48.5 Å². The van der Waals surface area contributed by atoms with Gasteiger partial charge in [0.2, 0.25) is 5.91 Å². The third-order valence-electron chi connectivity index (χ3n) is 6.59. The zero-order valence-electron chi connectivity index (χ0n) is 18.1. The van der Waals surface area contributed by atoms with Crippen molar-refractivity contribution in [1.82, 2.24) is 10.2 Å². The number of piperidine rings is 1. The number of amides is 1. The maximum atomic E-state index is 13.0. The van der Waals surface area contributed by atoms with Gasteiger partial charge in [-0.2, -0.15) is 0 Å². The first kappa shape index (κ1) is 21.1. The molecule has 2 fully saturated rings. The van der Waals surface area contributed by atoms with Crippen LogP contribution in [-0.2, 0) is 16.1 Å². The Bertz CT molecular complexity index is 798. The number of benzene rings is 2. The molecular weight excluding hydrogens is 372 g/mol. The Balaban J connectivity index is 1.23. The average Bonchev–Trinajstić information content (AvgIpc) is 2.80. The summed E-state index contributed by atoms with van der Waals surface area (Å²) in [4.78, 5) is 15.5. The fourth-order valence-corrected chi connectivity index (χ4v) is 4.70. The van der Waals surface area contributed by atoms with Crippen LogP contribution in [0.4, 0.5) is 0 Å². The number of hydrogen-bond acceptors (Lipinski definition) is 3. The topological polar surface area (TPSA) is 41.6 Å². The molecule has 2 aliphatic rings. The van der Waals surface area contributed by atoms with E-state index in [-0.39, 0.29) is 17.9 Å². The van der Waals surface area contributed by atoms with Crippen LogP contribution < -0.4 is 5.32 Å². The normalized spacial score (nSPS) is 23.2. The number of aryl methyl sites for hydroxylation is 1. The lowest BCUT2D eigenvalue weighted by molar-refractivity contribution is -0.135. The zero-order valence-corrected chi connectivity index (χ0v) is 18.1. The van der Waals surface area contributed by atoms with Crippen molar-refractivity contribution in [1.29, 1.82) is 0 Å². The van der Waals surface area contributed by atoms with Crippen LogP contribution in [0.2, 0.25) is 0 Å². The van der Waals surface area contributed by atoms with Crippen LogP contribution >= 0.6 is 0 Å². The van der Waals surface area contributed by atoms with Crippen LogP contribution in [-0.4, -0.2) is 37.0 Å². The summed E-state index contributed by atoms with van der Waals surface area (Å²) in [7, 11) is 0. The molecule has 2 aliphatic heterocycles. The predicted molar refractivity (Wildman–Crippen MR) is 120 cm³/mol. The highest BCUT2D eigenvalue weighted by atomic mass is 16.5. The number of carbonyl (C=O) groups is 1. The highest BCUT2D eigenvalue weighted by Gasteiger charge is 2.33. The van der Waals surface area contributed by atoms with Crippen molar-refractivity contribution >= 4 is 5.91 Å². The van der Waals surface area contributed by atoms with Crippen LogP contribution in [0, 0.1) is 18.8 Å². The molecule has 2 aromatic carbocycles. The molecule has 0 spiro atoms. The highest BCUT2D eigenvalue weighted by Crippen LogP contribution is 2.33. The molecule has 30 heavy (non-hydrogen) atoms. The Morgan fingerprint density at radius 1 is 1.03 bits per heavy atom. The van der Waals surface area contributed by atoms with Gasteiger partial charge in [0, 0.05) is 19.7 Å². The minimum atomic E-state index is -0.115. The standard InChI is InChI=1S/C26H34N2O2/c1-20-9-11-22(12-10-20)19-28-15-13-21(14-16-28)18-27-26(29)24-8-5-17-30-25(24)23-6-3-2-4-7-23/h2-4,6-7,9-12,21,24-25H,5,8,13-19H2,1H3,(H,27,29). The predicted octanol–water partition coefficient (Wildman–Crippen LogP) is 4.49. The minimum absolute atomic E-state index is 0.0808. The summed E-state index contributed by atoms with van der Waals surface area (Å²) >= 11 is 0. The second-order valence-corrected chi connectivity index (χ2v) is 8.90. The number of carbonyl (C=O) groups excluding carboxylic acids is 1. The molecule has 0 bridgehead atoms. The van der Waals surface area contributed by atoms with E-state index in [4.69, 9.17) is 4.74 Å². The van der Waals surface area contributed by atoms with Gasteiger partial charge in [-0.05, 0) is 62.7 Å². The molecule has 2 aromatic rings. The number of hydrogen-bond donors (Lipinski definition) is 1. The first-order valence-electron chi connectivity index (χ1n) is 11.4. The Labute approximate surface area is 180 Å². The summed E-state index contributed by atoms with van der Waals surface area (Å²) in [5.41, 5.74) is 3.81. The molecule has 4 heteroatoms. The third kappa shape index (κ3) is 5.50. The van der Waals surface area contributed by atoms with Gasteiger partial charge in [0.25, 0.3) is 0 Å². The van der Waals surface area contributed by atoms with Crippen molar-refractivity contribution in [3.05, 3.63) is 71.3 Å². The van der Waals surface area contributed by atoms with Gasteiger partial charge in [-0.25, -0.2) is 0 Å². The molecule has 160 valence electrons. The molecule has 4 nitrogen and oxygen atoms in total. The second kappa shape index (κ2) is 10.2. The average molecular weight is 407 g/mol. The van der Waals surface area contributed by atoms with E-state index in [0.717, 1.165) is 64.0 Å². The summed E-state index contributed by atoms with van der Waals surface area (Å²) in [6.45, 7) is 6.89. The van der Waals surface area contributed by atoms with Gasteiger partial charge in [0.1, 0.15) is 0 Å². The van der Waals surface area contributed by atoms with Crippen molar-refractivity contribution in [2.24, 2.45) is 11.8 Å². The van der Waals surface area contributed by atoms with E-state index in [1.54, 1.807) is 0 Å². The van der Waals surface area contributed by atoms with E-state index in [9.17, 15) is 4.79 Å². The van der Waals surface area contributed by atoms with E-state index in [2.05, 4.69) is 53.5 Å². The fourth-order valence-electron chi connectivity index (χ4n) is 4.70. The van der Waals surface area contributed by atoms with Crippen LogP contribution in [0.3, 0.4) is 0 Å². The third-order valence-corrected chi connectivity index (χ3v) is 6.59. The molecule has 2 atom stereocenters. The Morgan fingerprint density at radius 3 is 2.50 bits per heavy atom. The molecule has 0 aromatic heterocycles. The van der Waals surface area contributed by atoms with Gasteiger partial charge in [-0.15, -0.1) is 0 Å². The number of rotatable bonds is 6. The van der Waals surface area contributed by atoms with Crippen LogP contribution in [0.25, 0.3) is 0 Å². The van der Waals surface area contributed by atoms with Crippen LogP contribution in [0.15, 0.2) is 54.6 Å². The summed E-state index contributed by atoms with van der Waals surface area (Å²) < 4.78 is 6.00. The maximum absolute atomic E-state index is 13.0. The monoisotopic (exact) mass is 406 g/mol. The number of nitrogens with zero attached hydrogens (tertiary/aromatic N) is 1. The molecule has 0 radical (unpaired) electrons. The van der Waals surface area contributed by atoms with Gasteiger partial charge in [-0.3, -0.25) is 9.69 Å². The minimum Gasteiger partial charge on any atom is -0.373 e. The molecule has 1 amide bonds. The lowest BCUT2D eigenvalue weighted by Gasteiger charge is -2.34. The van der Waals surface area contributed by atoms with Crippen molar-refractivity contribution in [2.75, 3.05) is 26.2 Å². The molecule has 2 saturated heterocycles. The Morgan fingerprint density at radius 2 is 1.77 bits per heavy atom. The van der Waals surface area contributed by atoms with Gasteiger partial charge in [0.05, 0.1) is 12.0 Å². The van der Waals surface area contributed by atoms with E-state index < -0.39 is 0 Å². The number of likely N-dealkylation sites (tertiary alicyclic amines) is 1. The number of ether oxygens (including phenoxy) is 1. The molecule has 4 rings (SSSR count). The number of nitrogens with one attached hydrogen (secondary N) is 1. The lowest BCUT2D eigenvalue weighted by Crippen LogP contribution is -2.42. The van der Waals surface area contributed by atoms with Gasteiger partial charge in [0.15, 0.2) is 0 Å². The van der Waals surface area contributed by atoms with Gasteiger partial charge >= 0.3 is 0 Å². The molecule has 0 saturated carbocycles. The summed E-state index contributed by atoms with van der Waals surface area (Å²) in [5.74, 6) is 0.649. The molecule has 1 N–H and O–H groups in total. The first-order valence-corrected chi connectivity index (χ1v) is 11.4. The van der Waals surface area contributed by atoms with E-state index in [0.29, 0.717) is 5.92 Å². The molecular formula is C26H34N2O2. The maximum Gasteiger partial charge on any atom is 0.226 e. The van der Waals surface area contributed by atoms with Crippen molar-refractivity contribution in [3.8, 4) is 0 Å². The molecule has 2 unspecified atom stereocenters. The summed E-state index contributed by atoms with van der Waals surface area (Å²) in [6, 6.07) is 19.0. The highest BCUT2D eigenvalue weighted by molar-refractivity contribution is 5.79.